The summed E-state index contributed by atoms with van der Waals surface area (Å²) >= 11 is 12.2. The van der Waals surface area contributed by atoms with E-state index < -0.39 is 185 Å². The van der Waals surface area contributed by atoms with E-state index >= 15 is 0 Å². The topological polar surface area (TPSA) is 434 Å². The Morgan fingerprint density at radius 2 is 1.36 bits per heavy atom. The molecule has 4 fully saturated rings. The normalized spacial score (nSPS) is 33.8. The predicted molar refractivity (Wildman–Crippen MR) is 557 cm³/mol. The number of phenolic OH excluding ortho intramolecular Hbond substituents is 2. The maximum absolute atomic E-state index is 14.7. The molecule has 1 spiro atoms. The van der Waals surface area contributed by atoms with Crippen LogP contribution in [0, 0.1) is 60.2 Å². The number of cyclic esters (lactones) is 1. The van der Waals surface area contributed by atoms with E-state index in [1.54, 1.807) is 114 Å². The van der Waals surface area contributed by atoms with E-state index in [1.807, 2.05) is 99.6 Å². The number of ketones is 2. The van der Waals surface area contributed by atoms with Gasteiger partial charge in [0, 0.05) is 166 Å². The van der Waals surface area contributed by atoms with Gasteiger partial charge in [0.1, 0.15) is 58.3 Å². The third-order valence-corrected chi connectivity index (χ3v) is 31.0. The van der Waals surface area contributed by atoms with E-state index in [-0.39, 0.29) is 98.6 Å². The van der Waals surface area contributed by atoms with E-state index in [9.17, 15) is 64.8 Å². The molecular weight excluding hydrogens is 1910 g/mol. The van der Waals surface area contributed by atoms with Crippen LogP contribution in [0.15, 0.2) is 136 Å². The van der Waals surface area contributed by atoms with E-state index in [1.165, 1.54) is 48.4 Å². The van der Waals surface area contributed by atoms with Crippen LogP contribution in [0.3, 0.4) is 0 Å². The predicted octanol–water partition coefficient (Wildman–Crippen LogP) is 14.7. The van der Waals surface area contributed by atoms with Crippen molar-refractivity contribution in [3.63, 3.8) is 0 Å². The molecule has 0 radical (unpaired) electrons. The first-order valence-electron chi connectivity index (χ1n) is 50.9. The fraction of sp³-hybridized carbons (Fsp3) is 0.595. The summed E-state index contributed by atoms with van der Waals surface area (Å²) < 4.78 is 70.1. The van der Waals surface area contributed by atoms with Crippen molar-refractivity contribution < 1.29 is 117 Å². The molecule has 800 valence electrons. The number of Topliss-reactive ketones (excluding diaryl/α,β-unsaturated/α-hetero) is 2. The van der Waals surface area contributed by atoms with Crippen LogP contribution in [0.25, 0.3) is 38.9 Å². The number of esters is 2. The lowest BCUT2D eigenvalue weighted by Gasteiger charge is -2.50. The molecule has 0 saturated carbocycles. The van der Waals surface area contributed by atoms with Crippen LogP contribution < -0.4 is 31.4 Å². The number of phenols is 2. The average molecular weight is 2070 g/mol. The number of piperidine rings is 1. The minimum Gasteiger partial charge on any atom is -0.507 e. The number of benzene rings is 6. The number of anilines is 3. The van der Waals surface area contributed by atoms with Gasteiger partial charge in [0.05, 0.1) is 122 Å². The first-order chi connectivity index (χ1) is 68.6. The van der Waals surface area contributed by atoms with Crippen molar-refractivity contribution in [1.82, 2.24) is 19.4 Å². The molecule has 5 aromatic carbocycles. The lowest BCUT2D eigenvalue weighted by Crippen LogP contribution is -2.61. The zero-order valence-electron chi connectivity index (χ0n) is 89.3. The van der Waals surface area contributed by atoms with Gasteiger partial charge >= 0.3 is 17.7 Å². The summed E-state index contributed by atoms with van der Waals surface area (Å²) in [5, 5.41) is 101. The van der Waals surface area contributed by atoms with Gasteiger partial charge in [-0.05, 0) is 187 Å². The van der Waals surface area contributed by atoms with E-state index in [2.05, 4.69) is 66.0 Å². The molecule has 33 nitrogen and oxygen atoms in total. The number of fused-ring (bicyclic) bond motifs is 3. The van der Waals surface area contributed by atoms with Crippen molar-refractivity contribution in [3.05, 3.63) is 158 Å². The van der Waals surface area contributed by atoms with Crippen LogP contribution in [-0.4, -0.2) is 271 Å². The van der Waals surface area contributed by atoms with Crippen LogP contribution >= 0.6 is 23.2 Å². The van der Waals surface area contributed by atoms with Gasteiger partial charge in [0.25, 0.3) is 11.7 Å². The quantitative estimate of drug-likeness (QED) is 0.0244. The number of allylic oxidation sites excluding steroid dienone is 2. The summed E-state index contributed by atoms with van der Waals surface area (Å²) in [7, 11) is 8.23. The van der Waals surface area contributed by atoms with Gasteiger partial charge in [-0.1, -0.05) is 123 Å². The number of methoxy groups -OCH3 is 3. The molecule has 4 saturated heterocycles. The van der Waals surface area contributed by atoms with E-state index in [0.717, 1.165) is 51.4 Å². The van der Waals surface area contributed by atoms with Crippen LogP contribution in [0.5, 0.6) is 17.2 Å². The molecule has 146 heavy (non-hydrogen) atoms. The number of rotatable bonds is 16. The number of carbonyl (C=O) groups excluding carboxylic acids is 5. The Morgan fingerprint density at radius 1 is 0.726 bits per heavy atom. The number of aromatic hydroxyl groups is 2. The molecule has 27 atom stereocenters. The van der Waals surface area contributed by atoms with Gasteiger partial charge < -0.3 is 118 Å². The van der Waals surface area contributed by atoms with Gasteiger partial charge in [-0.3, -0.25) is 38.9 Å². The highest BCUT2D eigenvalue weighted by Gasteiger charge is 2.57. The molecule has 4 bridgehead atoms. The Hall–Kier alpha value is -9.47. The highest BCUT2D eigenvalue weighted by atomic mass is 35.5. The standard InChI is InChI=1S/C46H62N4O11.C38H69NO13.C27H22Cl2N4/c1-22(2)21-50-18-16-46(17-19-50)48-34-31-32-39(54)28(8)42-33(31)43(56)45(10,61-42)59-20-15-30(58-11)25(5)41(60-29(9)51)27(7)38(53)26(6)37(52)23(3)13-12-14-24(4)44(57)47-36(40(32)55)35(34)49-46;1-15-26-38(10,45)31(42)21(4)28(40)19(2)17-37(9,47-14)33(52-35-29(41)25(39(11)12)16-20(3)48-35)22(5)30(23(6)34(44)50-26)51-27-18-36(8,46-13)32(43)24(7)49-27;1-17(2)30-24-16-27-25(15-23(24)31-20-11-7-18(28)8-12-20)32-22-5-3-4-6-26(22)33(27)21-13-9-19(29)10-14-21/h12-15,20,22-23,25-27,30,37-38,41,52-55H,16-19,21H2,1-11H3,(H,47,57);19-27,29-33,35,41-43,45H,15-18H2,1-14H3;3-17,31H,1-2H3/b13-12+,20-15+,24-14-;;/t23-,25+,26+,27+,30-,37-,38+,41+,45-;19-,20-,21+,22+,23-,24+,25+,26-,27+,29-,30+,31-,32+,33-,35+,36-,37-,38-;/m01./s1. The molecule has 8 aliphatic heterocycles. The largest absolute Gasteiger partial charge is 0.507 e. The molecule has 1 aliphatic carbocycles. The number of aromatic nitrogens is 2. The SMILES string of the molecule is CC(C)N=c1cc2n(-c3ccc(Cl)cc3)c3ccccc3nc-2cc1Nc1ccc(Cl)cc1.CC[C@H]1OC(=O)[C@H](C)[C@@H](O[C@H]2C[C@@](C)(OC)[C@@H](O)[C@H](C)O2)[C@H](C)[C@@H](O[C@@H]2O[C@H](C)C[C@H](N(C)C)[C@H]2O)[C@](C)(OC)C[C@@H](C)C(=O)[C@H](C)[C@@H](O)[C@]1(C)O.CO[C@H]1/C=C/O[C@@]2(C)Oc3c(C)c(O)c4c(O)c(c5c(c4c3C2=O)=NC2(CCN(CC(C)C)CC2)N=5)NC(=O)/C(C)=C\C=C\[C@H](C)[C@H](O)[C@@H](C)[C@@H](O)[C@@H](C)[C@H](OC(C)=O)[C@@H]1C. The highest BCUT2D eigenvalue weighted by Crippen LogP contribution is 2.52. The van der Waals surface area contributed by atoms with Crippen LogP contribution in [0.4, 0.5) is 17.1 Å². The molecule has 0 unspecified atom stereocenters. The minimum absolute atomic E-state index is 0.0364. The number of likely N-dealkylation sites (N-methyl/N-ethyl adjacent to an activating group) is 1. The number of nitrogens with zero attached hydrogens (tertiary/aromatic N) is 7. The summed E-state index contributed by atoms with van der Waals surface area (Å²) in [6.45, 7) is 40.7. The van der Waals surface area contributed by atoms with Crippen molar-refractivity contribution in [1.29, 1.82) is 0 Å². The van der Waals surface area contributed by atoms with E-state index in [0.29, 0.717) is 48.3 Å². The third-order valence-electron chi connectivity index (χ3n) is 30.5. The zero-order valence-corrected chi connectivity index (χ0v) is 90.8. The zero-order chi connectivity index (χ0) is 107. The number of para-hydroxylation sites is 2. The summed E-state index contributed by atoms with van der Waals surface area (Å²) in [6.07, 6.45) is -3.69. The van der Waals surface area contributed by atoms with Crippen molar-refractivity contribution in [2.75, 3.05) is 65.7 Å². The summed E-state index contributed by atoms with van der Waals surface area (Å²) in [5.41, 5.74) is 1.78. The average Bonchev–Trinajstić information content (AvgIpc) is 1.53. The summed E-state index contributed by atoms with van der Waals surface area (Å²) in [5.74, 6) is -10.9. The molecule has 14 rings (SSSR count). The smallest absolute Gasteiger partial charge is 0.312 e. The lowest BCUT2D eigenvalue weighted by atomic mass is 9.74. The van der Waals surface area contributed by atoms with Gasteiger partial charge in [-0.2, -0.15) is 0 Å². The van der Waals surface area contributed by atoms with Gasteiger partial charge in [-0.25, -0.2) is 4.98 Å². The third kappa shape index (κ3) is 24.7. The van der Waals surface area contributed by atoms with E-state index in [4.69, 9.17) is 95.3 Å². The van der Waals surface area contributed by atoms with Crippen LogP contribution in [0.2, 0.25) is 10.0 Å². The fourth-order valence-corrected chi connectivity index (χ4v) is 21.9. The number of likely N-dealkylation sites (tertiary alicyclic amines) is 1. The second-order valence-electron chi connectivity index (χ2n) is 42.7. The number of amides is 1. The Balaban J connectivity index is 0.000000203. The number of ether oxygens (including phenoxy) is 11. The van der Waals surface area contributed by atoms with Crippen molar-refractivity contribution in [2.24, 2.45) is 68.2 Å². The molecule has 1 amide bonds. The highest BCUT2D eigenvalue weighted by molar-refractivity contribution is 6.31. The fourth-order valence-electron chi connectivity index (χ4n) is 21.7. The first-order valence-corrected chi connectivity index (χ1v) is 51.6. The Bertz CT molecular complexity index is 6090. The number of hydrogen-bond donors (Lipinski definition) is 10. The molecule has 9 aliphatic rings. The number of aliphatic hydroxyl groups excluding tert-OH is 5. The van der Waals surface area contributed by atoms with Crippen molar-refractivity contribution >= 4 is 91.5 Å². The number of hydrogen-bond acceptors (Lipinski definition) is 31. The van der Waals surface area contributed by atoms with Gasteiger partial charge in [-0.15, -0.1) is 0 Å². The molecular formula is C111H153Cl2N9O24. The first kappa shape index (κ1) is 115. The maximum Gasteiger partial charge on any atom is 0.312 e. The Morgan fingerprint density at radius 3 is 1.97 bits per heavy atom. The van der Waals surface area contributed by atoms with Crippen molar-refractivity contribution in [2.45, 2.75) is 317 Å². The number of aliphatic hydroxyl groups is 6. The Labute approximate surface area is 866 Å². The van der Waals surface area contributed by atoms with Gasteiger partial charge in [0.15, 0.2) is 24.0 Å². The maximum atomic E-state index is 14.7. The number of halogens is 2. The van der Waals surface area contributed by atoms with Crippen LogP contribution in [-0.2, 0) is 66.5 Å². The van der Waals surface area contributed by atoms with Crippen molar-refractivity contribution in [3.8, 4) is 34.3 Å². The Kier molecular flexibility index (Phi) is 37.4. The molecule has 8 heterocycles. The molecule has 0 aromatic heterocycles. The van der Waals surface area contributed by atoms with Crippen LogP contribution in [0.1, 0.15) is 200 Å². The minimum atomic E-state index is -1.96. The number of carbonyl (C=O) groups is 5. The monoisotopic (exact) mass is 2070 g/mol. The van der Waals surface area contributed by atoms with Gasteiger partial charge in [0.2, 0.25) is 0 Å². The second-order valence-corrected chi connectivity index (χ2v) is 43.6. The lowest BCUT2D eigenvalue weighted by molar-refractivity contribution is -0.319. The summed E-state index contributed by atoms with van der Waals surface area (Å²) in [4.78, 5) is 93.6. The second kappa shape index (κ2) is 47.4. The molecule has 10 N–H and O–H groups in total. The number of nitrogens with one attached hydrogen (secondary N) is 2. The molecule has 5 aromatic rings. The summed E-state index contributed by atoms with van der Waals surface area (Å²) in [6, 6.07) is 27.6. The molecule has 35 heteroatoms.